The zero-order valence-corrected chi connectivity index (χ0v) is 17.6. The molecule has 0 spiro atoms. The average molecular weight is 437 g/mol. The van der Waals surface area contributed by atoms with Crippen LogP contribution < -0.4 is 9.47 Å². The van der Waals surface area contributed by atoms with E-state index in [2.05, 4.69) is 11.9 Å². The summed E-state index contributed by atoms with van der Waals surface area (Å²) in [5.74, 6) is 2.07. The Morgan fingerprint density at radius 3 is 2.25 bits per heavy atom. The summed E-state index contributed by atoms with van der Waals surface area (Å²) in [6, 6.07) is 14.4. The van der Waals surface area contributed by atoms with Gasteiger partial charge in [-0.3, -0.25) is 4.98 Å². The first-order valence-electron chi connectivity index (χ1n) is 8.98. The maximum Gasteiger partial charge on any atom is 0.169 e. The number of ether oxygens (including phenoxy) is 2. The molecule has 0 saturated heterocycles. The predicted octanol–water partition coefficient (Wildman–Crippen LogP) is 7.80. The van der Waals surface area contributed by atoms with Gasteiger partial charge in [-0.15, -0.1) is 0 Å². The van der Waals surface area contributed by atoms with Crippen LogP contribution in [0.25, 0.3) is 0 Å². The van der Waals surface area contributed by atoms with E-state index >= 15 is 0 Å². The Labute approximate surface area is 180 Å². The average Bonchev–Trinajstić information content (AvgIpc) is 2.69. The van der Waals surface area contributed by atoms with E-state index in [1.165, 1.54) is 5.56 Å². The summed E-state index contributed by atoms with van der Waals surface area (Å²) in [5.41, 5.74) is 1.28. The van der Waals surface area contributed by atoms with Crippen LogP contribution in [-0.2, 0) is 0 Å². The van der Waals surface area contributed by atoms with Crippen LogP contribution in [0.1, 0.15) is 31.2 Å². The number of halogens is 3. The molecule has 1 unspecified atom stereocenters. The molecule has 1 atom stereocenters. The Balaban J connectivity index is 1.61. The number of nitrogens with zero attached hydrogens (tertiary/aromatic N) is 1. The van der Waals surface area contributed by atoms with Gasteiger partial charge in [-0.25, -0.2) is 0 Å². The van der Waals surface area contributed by atoms with Gasteiger partial charge in [0.15, 0.2) is 11.5 Å². The second-order valence-electron chi connectivity index (χ2n) is 6.44. The van der Waals surface area contributed by atoms with E-state index < -0.39 is 0 Å². The Bertz CT molecular complexity index is 919. The number of aromatic nitrogens is 1. The minimum atomic E-state index is 0.430. The van der Waals surface area contributed by atoms with Crippen molar-refractivity contribution in [3.8, 4) is 17.2 Å². The van der Waals surface area contributed by atoms with Gasteiger partial charge in [0, 0.05) is 28.5 Å². The smallest absolute Gasteiger partial charge is 0.169 e. The summed E-state index contributed by atoms with van der Waals surface area (Å²) < 4.78 is 11.9. The van der Waals surface area contributed by atoms with Crippen molar-refractivity contribution in [3.05, 3.63) is 81.6 Å². The lowest BCUT2D eigenvalue weighted by molar-refractivity contribution is 0.290. The van der Waals surface area contributed by atoms with Gasteiger partial charge in [0.25, 0.3) is 0 Å². The van der Waals surface area contributed by atoms with Gasteiger partial charge in [0.2, 0.25) is 0 Å². The van der Waals surface area contributed by atoms with Crippen molar-refractivity contribution in [3.63, 3.8) is 0 Å². The number of pyridine rings is 1. The highest BCUT2D eigenvalue weighted by atomic mass is 35.5. The molecule has 0 saturated carbocycles. The van der Waals surface area contributed by atoms with Gasteiger partial charge in [-0.1, -0.05) is 41.7 Å². The highest BCUT2D eigenvalue weighted by molar-refractivity contribution is 6.35. The molecule has 0 aliphatic heterocycles. The summed E-state index contributed by atoms with van der Waals surface area (Å²) in [7, 11) is 0. The second-order valence-corrected chi connectivity index (χ2v) is 7.72. The van der Waals surface area contributed by atoms with Crippen molar-refractivity contribution in [1.29, 1.82) is 0 Å². The highest BCUT2D eigenvalue weighted by Crippen LogP contribution is 2.37. The Kier molecular flexibility index (Phi) is 7.43. The van der Waals surface area contributed by atoms with E-state index in [1.54, 1.807) is 36.4 Å². The molecule has 3 aromatic rings. The van der Waals surface area contributed by atoms with Gasteiger partial charge in [-0.2, -0.15) is 0 Å². The molecule has 3 nitrogen and oxygen atoms in total. The molecule has 0 amide bonds. The van der Waals surface area contributed by atoms with Crippen molar-refractivity contribution in [2.75, 3.05) is 6.61 Å². The first kappa shape index (κ1) is 20.8. The summed E-state index contributed by atoms with van der Waals surface area (Å²) in [6.45, 7) is 2.76. The van der Waals surface area contributed by atoms with Crippen molar-refractivity contribution >= 4 is 34.8 Å². The summed E-state index contributed by atoms with van der Waals surface area (Å²) in [4.78, 5) is 4.06. The van der Waals surface area contributed by atoms with Crippen LogP contribution in [0, 0.1) is 0 Å². The minimum absolute atomic E-state index is 0.430. The van der Waals surface area contributed by atoms with Crippen molar-refractivity contribution in [2.45, 2.75) is 25.7 Å². The zero-order valence-electron chi connectivity index (χ0n) is 15.4. The number of hydrogen-bond acceptors (Lipinski definition) is 3. The molecule has 3 rings (SSSR count). The van der Waals surface area contributed by atoms with E-state index in [0.29, 0.717) is 44.8 Å². The molecule has 0 radical (unpaired) electrons. The van der Waals surface area contributed by atoms with Gasteiger partial charge >= 0.3 is 0 Å². The predicted molar refractivity (Wildman–Crippen MR) is 115 cm³/mol. The lowest BCUT2D eigenvalue weighted by Crippen LogP contribution is -2.02. The molecule has 0 N–H and O–H groups in total. The Morgan fingerprint density at radius 1 is 0.857 bits per heavy atom. The highest BCUT2D eigenvalue weighted by Gasteiger charge is 2.11. The monoisotopic (exact) mass is 435 g/mol. The first-order valence-corrected chi connectivity index (χ1v) is 10.1. The number of benzene rings is 2. The first-order chi connectivity index (χ1) is 13.5. The van der Waals surface area contributed by atoms with Gasteiger partial charge in [0.1, 0.15) is 5.75 Å². The molecule has 0 aliphatic rings. The fraction of sp³-hybridized carbons (Fsp3) is 0.227. The third kappa shape index (κ3) is 5.78. The fourth-order valence-corrected chi connectivity index (χ4v) is 3.39. The van der Waals surface area contributed by atoms with Crippen LogP contribution in [0.2, 0.25) is 15.1 Å². The van der Waals surface area contributed by atoms with Gasteiger partial charge < -0.3 is 9.47 Å². The summed E-state index contributed by atoms with van der Waals surface area (Å²) >= 11 is 18.3. The standard InChI is InChI=1S/C22H20Cl3NO2/c1-15(16-8-10-26-11-9-16)3-2-12-27-22-14-18(24)5-7-21(22)28-20-6-4-17(23)13-19(20)25/h4-11,13-15H,2-3,12H2,1H3. The topological polar surface area (TPSA) is 31.4 Å². The fourth-order valence-electron chi connectivity index (χ4n) is 2.79. The Hall–Kier alpha value is -1.94. The zero-order chi connectivity index (χ0) is 19.9. The molecular weight excluding hydrogens is 417 g/mol. The van der Waals surface area contributed by atoms with E-state index in [0.717, 1.165) is 12.8 Å². The van der Waals surface area contributed by atoms with Crippen molar-refractivity contribution < 1.29 is 9.47 Å². The van der Waals surface area contributed by atoms with Crippen LogP contribution in [0.4, 0.5) is 0 Å². The molecule has 1 heterocycles. The van der Waals surface area contributed by atoms with E-state index in [9.17, 15) is 0 Å². The van der Waals surface area contributed by atoms with Gasteiger partial charge in [-0.05, 0) is 66.8 Å². The lowest BCUT2D eigenvalue weighted by atomic mass is 9.98. The van der Waals surface area contributed by atoms with Crippen LogP contribution in [0.3, 0.4) is 0 Å². The van der Waals surface area contributed by atoms with Crippen LogP contribution in [0.5, 0.6) is 17.2 Å². The molecule has 2 aromatic carbocycles. The lowest BCUT2D eigenvalue weighted by Gasteiger charge is -2.15. The van der Waals surface area contributed by atoms with E-state index in [1.807, 2.05) is 24.5 Å². The molecule has 0 bridgehead atoms. The van der Waals surface area contributed by atoms with Crippen molar-refractivity contribution in [2.24, 2.45) is 0 Å². The third-order valence-electron chi connectivity index (χ3n) is 4.33. The quantitative estimate of drug-likeness (QED) is 0.338. The molecular formula is C22H20Cl3NO2. The molecule has 0 aliphatic carbocycles. The van der Waals surface area contributed by atoms with Crippen LogP contribution >= 0.6 is 34.8 Å². The molecule has 6 heteroatoms. The maximum atomic E-state index is 6.20. The molecule has 146 valence electrons. The number of hydrogen-bond donors (Lipinski definition) is 0. The molecule has 0 fully saturated rings. The minimum Gasteiger partial charge on any atom is -0.490 e. The second kappa shape index (κ2) is 10.0. The SMILES string of the molecule is CC(CCCOc1cc(Cl)ccc1Oc1ccc(Cl)cc1Cl)c1ccncc1. The van der Waals surface area contributed by atoms with E-state index in [4.69, 9.17) is 44.3 Å². The van der Waals surface area contributed by atoms with Crippen molar-refractivity contribution in [1.82, 2.24) is 4.98 Å². The van der Waals surface area contributed by atoms with Crippen LogP contribution in [-0.4, -0.2) is 11.6 Å². The summed E-state index contributed by atoms with van der Waals surface area (Å²) in [6.07, 6.45) is 5.54. The largest absolute Gasteiger partial charge is 0.490 e. The molecule has 1 aromatic heterocycles. The summed E-state index contributed by atoms with van der Waals surface area (Å²) in [5, 5.41) is 1.56. The van der Waals surface area contributed by atoms with Crippen LogP contribution in [0.15, 0.2) is 60.9 Å². The molecule has 28 heavy (non-hydrogen) atoms. The maximum absolute atomic E-state index is 6.20. The Morgan fingerprint density at radius 2 is 1.54 bits per heavy atom. The van der Waals surface area contributed by atoms with E-state index in [-0.39, 0.29) is 0 Å². The third-order valence-corrected chi connectivity index (χ3v) is 5.10. The van der Waals surface area contributed by atoms with Gasteiger partial charge in [0.05, 0.1) is 11.6 Å². The normalized spacial score (nSPS) is 11.9. The number of rotatable bonds is 8.